The van der Waals surface area contributed by atoms with Crippen LogP contribution in [0.2, 0.25) is 0 Å². The number of benzene rings is 1. The zero-order valence-corrected chi connectivity index (χ0v) is 15.8. The molecule has 4 heterocycles. The molecule has 3 N–H and O–H groups in total. The van der Waals surface area contributed by atoms with Crippen molar-refractivity contribution in [2.24, 2.45) is 4.99 Å². The Morgan fingerprint density at radius 1 is 1.30 bits per heavy atom. The Morgan fingerprint density at radius 2 is 2.15 bits per heavy atom. The van der Waals surface area contributed by atoms with E-state index in [0.717, 1.165) is 41.4 Å². The molecular formula is C18H16BrFN6O. The second kappa shape index (κ2) is 6.28. The highest BCUT2D eigenvalue weighted by atomic mass is 79.9. The van der Waals surface area contributed by atoms with E-state index in [1.165, 1.54) is 6.07 Å². The van der Waals surface area contributed by atoms with Gasteiger partial charge in [0, 0.05) is 40.4 Å². The summed E-state index contributed by atoms with van der Waals surface area (Å²) < 4.78 is 21.7. The number of nitrogen functional groups attached to an aromatic ring is 1. The number of rotatable bonds is 2. The number of fused-ring (bicyclic) bond motifs is 3. The number of nitrogens with one attached hydrogen (secondary N) is 1. The molecule has 0 radical (unpaired) electrons. The molecule has 4 aliphatic rings. The number of anilines is 2. The molecule has 1 saturated heterocycles. The highest BCUT2D eigenvalue weighted by Gasteiger charge is 2.24. The van der Waals surface area contributed by atoms with Gasteiger partial charge in [0.2, 0.25) is 5.62 Å². The Balaban J connectivity index is 1.72. The number of pyridine rings is 1. The first kappa shape index (κ1) is 16.6. The van der Waals surface area contributed by atoms with E-state index < -0.39 is 5.82 Å². The summed E-state index contributed by atoms with van der Waals surface area (Å²) in [7, 11) is 0. The molecule has 7 nitrogen and oxygen atoms in total. The zero-order chi connectivity index (χ0) is 18.5. The maximum Gasteiger partial charge on any atom is 0.247 e. The molecule has 0 aliphatic carbocycles. The van der Waals surface area contributed by atoms with Crippen molar-refractivity contribution in [3.63, 3.8) is 0 Å². The summed E-state index contributed by atoms with van der Waals surface area (Å²) in [5.74, 6) is 1.29. The molecule has 0 bridgehead atoms. The third-order valence-electron chi connectivity index (χ3n) is 4.79. The van der Waals surface area contributed by atoms with Crippen molar-refractivity contribution in [2.45, 2.75) is 12.6 Å². The largest absolute Gasteiger partial charge is 0.396 e. The Labute approximate surface area is 162 Å². The van der Waals surface area contributed by atoms with Crippen molar-refractivity contribution in [2.75, 3.05) is 30.8 Å². The van der Waals surface area contributed by atoms with Gasteiger partial charge in [0.1, 0.15) is 23.5 Å². The normalized spacial score (nSPS) is 17.0. The minimum absolute atomic E-state index is 0.109. The minimum atomic E-state index is -0.446. The topological polar surface area (TPSA) is 90.3 Å². The first-order valence-corrected chi connectivity index (χ1v) is 9.40. The highest BCUT2D eigenvalue weighted by Crippen LogP contribution is 2.40. The summed E-state index contributed by atoms with van der Waals surface area (Å²) in [6, 6.07) is 5.16. The van der Waals surface area contributed by atoms with E-state index in [-0.39, 0.29) is 11.7 Å². The van der Waals surface area contributed by atoms with Gasteiger partial charge in [-0.1, -0.05) is 15.9 Å². The van der Waals surface area contributed by atoms with Crippen LogP contribution < -0.4 is 16.7 Å². The average Bonchev–Trinajstić information content (AvgIpc) is 3.11. The first-order chi connectivity index (χ1) is 13.1. The summed E-state index contributed by atoms with van der Waals surface area (Å²) in [5.41, 5.74) is 8.99. The van der Waals surface area contributed by atoms with Crippen LogP contribution in [0.25, 0.3) is 22.5 Å². The van der Waals surface area contributed by atoms with Crippen LogP contribution in [0.15, 0.2) is 33.9 Å². The standard InChI is InChI=1S/C18H16BrFN6O/c19-13-5-14(20)15(21)4-11(13)12-3-9-6-23-18(24-10-7-27-8-10)25-16(9)26-2-1-22-17(12)26/h3-6,10,22H,1-2,7-8,21H2. The van der Waals surface area contributed by atoms with Gasteiger partial charge in [0.25, 0.3) is 0 Å². The molecule has 0 unspecified atom stereocenters. The molecule has 0 amide bonds. The molecule has 1 aromatic carbocycles. The average molecular weight is 431 g/mol. The molecule has 5 rings (SSSR count). The third-order valence-corrected chi connectivity index (χ3v) is 5.44. The summed E-state index contributed by atoms with van der Waals surface area (Å²) >= 11 is 3.45. The third kappa shape index (κ3) is 2.78. The highest BCUT2D eigenvalue weighted by molar-refractivity contribution is 9.10. The van der Waals surface area contributed by atoms with Crippen molar-refractivity contribution in [1.29, 1.82) is 0 Å². The fourth-order valence-electron chi connectivity index (χ4n) is 3.36. The van der Waals surface area contributed by atoms with Crippen molar-refractivity contribution in [3.8, 4) is 22.5 Å². The van der Waals surface area contributed by atoms with E-state index in [1.807, 2.05) is 6.07 Å². The number of nitrogens with two attached hydrogens (primary N) is 1. The van der Waals surface area contributed by atoms with E-state index in [2.05, 4.69) is 40.8 Å². The Morgan fingerprint density at radius 3 is 2.93 bits per heavy atom. The fraction of sp³-hybridized carbons (Fsp3) is 0.278. The first-order valence-electron chi connectivity index (χ1n) is 8.61. The lowest BCUT2D eigenvalue weighted by Crippen LogP contribution is -2.34. The Kier molecular flexibility index (Phi) is 3.87. The van der Waals surface area contributed by atoms with Gasteiger partial charge < -0.3 is 20.4 Å². The van der Waals surface area contributed by atoms with Gasteiger partial charge in [0.15, 0.2) is 0 Å². The van der Waals surface area contributed by atoms with Gasteiger partial charge in [-0.05, 0) is 18.2 Å². The quantitative estimate of drug-likeness (QED) is 0.608. The fourth-order valence-corrected chi connectivity index (χ4v) is 3.89. The smallest absolute Gasteiger partial charge is 0.247 e. The molecule has 0 atom stereocenters. The van der Waals surface area contributed by atoms with Crippen molar-refractivity contribution in [3.05, 3.63) is 40.3 Å². The molecule has 138 valence electrons. The number of hydrogen-bond donors (Lipinski definition) is 2. The predicted molar refractivity (Wildman–Crippen MR) is 103 cm³/mol. The maximum atomic E-state index is 13.8. The summed E-state index contributed by atoms with van der Waals surface area (Å²) in [6.45, 7) is 2.80. The molecule has 0 aromatic heterocycles. The van der Waals surface area contributed by atoms with Crippen molar-refractivity contribution in [1.82, 2.24) is 14.5 Å². The number of ether oxygens (including phenoxy) is 1. The monoisotopic (exact) mass is 430 g/mol. The van der Waals surface area contributed by atoms with Crippen LogP contribution >= 0.6 is 15.9 Å². The van der Waals surface area contributed by atoms with E-state index in [9.17, 15) is 4.39 Å². The molecular weight excluding hydrogens is 415 g/mol. The molecule has 0 saturated carbocycles. The number of aromatic nitrogens is 3. The summed E-state index contributed by atoms with van der Waals surface area (Å²) in [6.07, 6.45) is 1.77. The number of hydrogen-bond acceptors (Lipinski definition) is 6. The van der Waals surface area contributed by atoms with Gasteiger partial charge >= 0.3 is 0 Å². The van der Waals surface area contributed by atoms with Crippen LogP contribution in [0.4, 0.5) is 15.9 Å². The Hall–Kier alpha value is -2.52. The SMILES string of the molecule is Nc1cc(-c2cc3cnc(=NC4COC4)nc-3n3c2NCC3)c(Br)cc1F. The second-order valence-corrected chi connectivity index (χ2v) is 7.46. The van der Waals surface area contributed by atoms with Crippen LogP contribution in [-0.2, 0) is 11.3 Å². The van der Waals surface area contributed by atoms with E-state index in [1.54, 1.807) is 12.3 Å². The van der Waals surface area contributed by atoms with Crippen LogP contribution in [0.5, 0.6) is 0 Å². The summed E-state index contributed by atoms with van der Waals surface area (Å²) in [4.78, 5) is 13.5. The van der Waals surface area contributed by atoms with Gasteiger partial charge in [-0.25, -0.2) is 14.4 Å². The molecule has 27 heavy (non-hydrogen) atoms. The van der Waals surface area contributed by atoms with Crippen LogP contribution in [0, 0.1) is 5.82 Å². The molecule has 0 spiro atoms. The van der Waals surface area contributed by atoms with Crippen LogP contribution in [-0.4, -0.2) is 40.3 Å². The van der Waals surface area contributed by atoms with Crippen LogP contribution in [0.1, 0.15) is 0 Å². The Bertz CT molecular complexity index is 1090. The number of halogens is 2. The lowest BCUT2D eigenvalue weighted by molar-refractivity contribution is 0.0112. The van der Waals surface area contributed by atoms with Gasteiger partial charge in [-0.2, -0.15) is 4.98 Å². The van der Waals surface area contributed by atoms with Crippen LogP contribution in [0.3, 0.4) is 0 Å². The van der Waals surface area contributed by atoms with Gasteiger partial charge in [-0.3, -0.25) is 0 Å². The van der Waals surface area contributed by atoms with Crippen molar-refractivity contribution < 1.29 is 9.13 Å². The molecule has 9 heteroatoms. The van der Waals surface area contributed by atoms with E-state index >= 15 is 0 Å². The lowest BCUT2D eigenvalue weighted by atomic mass is 10.0. The second-order valence-electron chi connectivity index (χ2n) is 6.61. The zero-order valence-electron chi connectivity index (χ0n) is 14.2. The summed E-state index contributed by atoms with van der Waals surface area (Å²) in [5, 5.41) is 3.40. The molecule has 1 fully saturated rings. The van der Waals surface area contributed by atoms with Crippen molar-refractivity contribution >= 4 is 27.4 Å². The van der Waals surface area contributed by atoms with Gasteiger partial charge in [0.05, 0.1) is 18.9 Å². The van der Waals surface area contributed by atoms with Gasteiger partial charge in [-0.15, -0.1) is 0 Å². The van der Waals surface area contributed by atoms with E-state index in [0.29, 0.717) is 23.3 Å². The van der Waals surface area contributed by atoms with E-state index in [4.69, 9.17) is 10.5 Å². The maximum absolute atomic E-state index is 13.8. The predicted octanol–water partition coefficient (Wildman–Crippen LogP) is 2.26. The minimum Gasteiger partial charge on any atom is -0.396 e. The number of nitrogens with zero attached hydrogens (tertiary/aromatic N) is 4. The lowest BCUT2D eigenvalue weighted by Gasteiger charge is -2.21. The molecule has 4 aliphatic heterocycles. The molecule has 1 aromatic rings.